The number of carbonyl (C=O) groups excluding carboxylic acids is 1. The minimum absolute atomic E-state index is 0.0439. The number of benzene rings is 1. The van der Waals surface area contributed by atoms with Crippen LogP contribution >= 0.6 is 0 Å². The van der Waals surface area contributed by atoms with Crippen LogP contribution in [-0.2, 0) is 0 Å². The number of H-pyrrole nitrogens is 1. The van der Waals surface area contributed by atoms with Gasteiger partial charge in [0.15, 0.2) is 11.5 Å². The van der Waals surface area contributed by atoms with Crippen molar-refractivity contribution in [2.75, 3.05) is 39.3 Å². The molecule has 162 valence electrons. The first-order valence-corrected chi connectivity index (χ1v) is 9.95. The molecule has 9 nitrogen and oxygen atoms in total. The molecule has 3 heterocycles. The summed E-state index contributed by atoms with van der Waals surface area (Å²) in [5.41, 5.74) is 1.73. The molecule has 1 amide bonds. The highest BCUT2D eigenvalue weighted by Gasteiger charge is 2.26. The number of ether oxygens (including phenoxy) is 3. The van der Waals surface area contributed by atoms with Crippen molar-refractivity contribution in [3.63, 3.8) is 0 Å². The fourth-order valence-corrected chi connectivity index (χ4v) is 3.71. The largest absolute Gasteiger partial charge is 0.493 e. The van der Waals surface area contributed by atoms with Crippen molar-refractivity contribution in [1.29, 1.82) is 0 Å². The second-order valence-corrected chi connectivity index (χ2v) is 7.17. The van der Waals surface area contributed by atoms with Gasteiger partial charge in [0, 0.05) is 30.9 Å². The number of amides is 1. The molecule has 0 spiro atoms. The standard InChI is InChI=1S/C22H25N5O4/c1-29-18-10-14(11-19(30-2)21(18)31-3)16-12-17(26-25-16)22(28)24-15-7-9-27(13-15)20-6-4-5-8-23-20/h4-6,8,10-12,15H,7,9,13H2,1-3H3,(H,24,28)(H,25,26). The van der Waals surface area contributed by atoms with E-state index in [1.807, 2.05) is 18.2 Å². The molecular formula is C22H25N5O4. The van der Waals surface area contributed by atoms with Crippen molar-refractivity contribution in [2.24, 2.45) is 0 Å². The van der Waals surface area contributed by atoms with Crippen LogP contribution < -0.4 is 24.4 Å². The van der Waals surface area contributed by atoms with Gasteiger partial charge in [0.25, 0.3) is 5.91 Å². The van der Waals surface area contributed by atoms with E-state index in [2.05, 4.69) is 25.4 Å². The summed E-state index contributed by atoms with van der Waals surface area (Å²) in [6.07, 6.45) is 2.63. The van der Waals surface area contributed by atoms with E-state index in [0.29, 0.717) is 28.6 Å². The van der Waals surface area contributed by atoms with E-state index in [1.165, 1.54) is 0 Å². The molecule has 31 heavy (non-hydrogen) atoms. The third-order valence-electron chi connectivity index (χ3n) is 5.28. The third kappa shape index (κ3) is 4.25. The molecule has 1 saturated heterocycles. The van der Waals surface area contributed by atoms with E-state index in [0.717, 1.165) is 30.9 Å². The molecule has 0 radical (unpaired) electrons. The highest BCUT2D eigenvalue weighted by atomic mass is 16.5. The van der Waals surface area contributed by atoms with Crippen LogP contribution in [0.3, 0.4) is 0 Å². The maximum atomic E-state index is 12.7. The first-order valence-electron chi connectivity index (χ1n) is 9.95. The molecule has 1 fully saturated rings. The second kappa shape index (κ2) is 8.95. The van der Waals surface area contributed by atoms with Crippen LogP contribution in [0.5, 0.6) is 17.2 Å². The maximum absolute atomic E-state index is 12.7. The number of aromatic nitrogens is 3. The zero-order valence-corrected chi connectivity index (χ0v) is 17.7. The van der Waals surface area contributed by atoms with Gasteiger partial charge in [0.2, 0.25) is 5.75 Å². The lowest BCUT2D eigenvalue weighted by Gasteiger charge is -2.17. The van der Waals surface area contributed by atoms with Gasteiger partial charge in [0.1, 0.15) is 11.5 Å². The van der Waals surface area contributed by atoms with Crippen LogP contribution in [0.25, 0.3) is 11.3 Å². The van der Waals surface area contributed by atoms with Gasteiger partial charge in [-0.3, -0.25) is 9.89 Å². The SMILES string of the molecule is COc1cc(-c2cc(C(=O)NC3CCN(c4ccccn4)C3)[nH]n2)cc(OC)c1OC. The van der Waals surface area contributed by atoms with Crippen LogP contribution in [-0.4, -0.2) is 61.5 Å². The number of nitrogens with zero attached hydrogens (tertiary/aromatic N) is 3. The van der Waals surface area contributed by atoms with Crippen molar-refractivity contribution in [3.8, 4) is 28.5 Å². The van der Waals surface area contributed by atoms with Gasteiger partial charge in [-0.25, -0.2) is 4.98 Å². The van der Waals surface area contributed by atoms with E-state index in [4.69, 9.17) is 14.2 Å². The summed E-state index contributed by atoms with van der Waals surface area (Å²) in [6, 6.07) is 11.2. The molecule has 0 aliphatic carbocycles. The quantitative estimate of drug-likeness (QED) is 0.602. The Kier molecular flexibility index (Phi) is 5.92. The summed E-state index contributed by atoms with van der Waals surface area (Å²) in [6.45, 7) is 1.57. The van der Waals surface area contributed by atoms with Crippen LogP contribution in [0.2, 0.25) is 0 Å². The molecule has 3 aromatic rings. The summed E-state index contributed by atoms with van der Waals surface area (Å²) in [7, 11) is 4.66. The van der Waals surface area contributed by atoms with Crippen LogP contribution in [0.1, 0.15) is 16.9 Å². The van der Waals surface area contributed by atoms with Crippen LogP contribution in [0, 0.1) is 0 Å². The lowest BCUT2D eigenvalue weighted by atomic mass is 10.1. The molecule has 1 aliphatic rings. The average Bonchev–Trinajstić information content (AvgIpc) is 3.49. The van der Waals surface area contributed by atoms with Gasteiger partial charge in [-0.2, -0.15) is 5.10 Å². The Morgan fingerprint density at radius 1 is 1.13 bits per heavy atom. The number of rotatable bonds is 7. The minimum Gasteiger partial charge on any atom is -0.493 e. The predicted octanol–water partition coefficient (Wildman–Crippen LogP) is 2.51. The van der Waals surface area contributed by atoms with E-state index in [1.54, 1.807) is 45.7 Å². The maximum Gasteiger partial charge on any atom is 0.269 e. The van der Waals surface area contributed by atoms with Crippen molar-refractivity contribution < 1.29 is 19.0 Å². The molecule has 0 saturated carbocycles. The molecule has 1 aromatic carbocycles. The Morgan fingerprint density at radius 3 is 2.55 bits per heavy atom. The molecule has 4 rings (SSSR count). The normalized spacial score (nSPS) is 15.6. The zero-order valence-electron chi connectivity index (χ0n) is 17.7. The van der Waals surface area contributed by atoms with Crippen LogP contribution in [0.15, 0.2) is 42.6 Å². The van der Waals surface area contributed by atoms with Crippen molar-refractivity contribution in [3.05, 3.63) is 48.3 Å². The molecule has 2 N–H and O–H groups in total. The number of methoxy groups -OCH3 is 3. The summed E-state index contributed by atoms with van der Waals surface area (Å²) in [5.74, 6) is 2.27. The van der Waals surface area contributed by atoms with Gasteiger partial charge in [-0.15, -0.1) is 0 Å². The topological polar surface area (TPSA) is 102 Å². The highest BCUT2D eigenvalue weighted by molar-refractivity contribution is 5.93. The van der Waals surface area contributed by atoms with E-state index >= 15 is 0 Å². The number of nitrogens with one attached hydrogen (secondary N) is 2. The Hall–Kier alpha value is -3.75. The Bertz CT molecular complexity index is 1030. The van der Waals surface area contributed by atoms with E-state index in [9.17, 15) is 4.79 Å². The van der Waals surface area contributed by atoms with Crippen molar-refractivity contribution >= 4 is 11.7 Å². The highest BCUT2D eigenvalue weighted by Crippen LogP contribution is 2.40. The average molecular weight is 423 g/mol. The van der Waals surface area contributed by atoms with E-state index < -0.39 is 0 Å². The van der Waals surface area contributed by atoms with Gasteiger partial charge >= 0.3 is 0 Å². The predicted molar refractivity (Wildman–Crippen MR) is 116 cm³/mol. The number of pyridine rings is 1. The second-order valence-electron chi connectivity index (χ2n) is 7.17. The van der Waals surface area contributed by atoms with Crippen LogP contribution in [0.4, 0.5) is 5.82 Å². The number of anilines is 1. The number of hydrogen-bond acceptors (Lipinski definition) is 7. The molecule has 9 heteroatoms. The molecule has 2 aromatic heterocycles. The smallest absolute Gasteiger partial charge is 0.269 e. The number of carbonyl (C=O) groups is 1. The summed E-state index contributed by atoms with van der Waals surface area (Å²) in [4.78, 5) is 19.3. The zero-order chi connectivity index (χ0) is 21.8. The monoisotopic (exact) mass is 423 g/mol. The van der Waals surface area contributed by atoms with Gasteiger partial charge in [-0.05, 0) is 36.8 Å². The summed E-state index contributed by atoms with van der Waals surface area (Å²) < 4.78 is 16.2. The van der Waals surface area contributed by atoms with Crippen molar-refractivity contribution in [2.45, 2.75) is 12.5 Å². The Labute approximate surface area is 180 Å². The number of aromatic amines is 1. The van der Waals surface area contributed by atoms with Crippen molar-refractivity contribution in [1.82, 2.24) is 20.5 Å². The first-order chi connectivity index (χ1) is 15.1. The van der Waals surface area contributed by atoms with Gasteiger partial charge in [-0.1, -0.05) is 6.07 Å². The summed E-state index contributed by atoms with van der Waals surface area (Å²) in [5, 5.41) is 10.2. The van der Waals surface area contributed by atoms with E-state index in [-0.39, 0.29) is 11.9 Å². The third-order valence-corrected chi connectivity index (χ3v) is 5.28. The molecule has 1 unspecified atom stereocenters. The number of hydrogen-bond donors (Lipinski definition) is 2. The summed E-state index contributed by atoms with van der Waals surface area (Å²) >= 11 is 0. The fourth-order valence-electron chi connectivity index (χ4n) is 3.71. The molecule has 1 aliphatic heterocycles. The fraction of sp³-hybridized carbons (Fsp3) is 0.318. The first kappa shape index (κ1) is 20.5. The lowest BCUT2D eigenvalue weighted by molar-refractivity contribution is 0.0935. The molecule has 1 atom stereocenters. The lowest BCUT2D eigenvalue weighted by Crippen LogP contribution is -2.37. The Morgan fingerprint density at radius 2 is 1.90 bits per heavy atom. The van der Waals surface area contributed by atoms with Gasteiger partial charge in [0.05, 0.1) is 27.0 Å². The molecular weight excluding hydrogens is 398 g/mol. The Balaban J connectivity index is 1.46. The molecule has 0 bridgehead atoms. The minimum atomic E-state index is -0.195. The van der Waals surface area contributed by atoms with Gasteiger partial charge < -0.3 is 24.4 Å².